The fourth-order valence-corrected chi connectivity index (χ4v) is 2.99. The van der Waals surface area contributed by atoms with Crippen LogP contribution < -0.4 is 14.2 Å². The van der Waals surface area contributed by atoms with Gasteiger partial charge in [0.15, 0.2) is 11.5 Å². The predicted octanol–water partition coefficient (Wildman–Crippen LogP) is 2.72. The molecule has 2 aromatic carbocycles. The molecule has 0 fully saturated rings. The first kappa shape index (κ1) is 12.2. The van der Waals surface area contributed by atoms with Gasteiger partial charge in [0.05, 0.1) is 19.6 Å². The van der Waals surface area contributed by atoms with Gasteiger partial charge in [-0.05, 0) is 18.2 Å². The molecule has 0 bridgehead atoms. The van der Waals surface area contributed by atoms with Crippen LogP contribution in [0.1, 0.15) is 23.1 Å². The van der Waals surface area contributed by atoms with Crippen LogP contribution >= 0.6 is 0 Å². The third-order valence-corrected chi connectivity index (χ3v) is 4.07. The number of rotatable bonds is 1. The summed E-state index contributed by atoms with van der Waals surface area (Å²) in [7, 11) is 1.61. The predicted molar refractivity (Wildman–Crippen MR) is 74.4 cm³/mol. The van der Waals surface area contributed by atoms with Crippen molar-refractivity contribution in [1.29, 1.82) is 0 Å². The summed E-state index contributed by atoms with van der Waals surface area (Å²) in [5, 5.41) is 19.3. The number of phenolic OH excluding ortho intramolecular Hbond substituents is 2. The maximum absolute atomic E-state index is 9.67. The zero-order chi connectivity index (χ0) is 14.6. The van der Waals surface area contributed by atoms with Crippen LogP contribution in [0.3, 0.4) is 0 Å². The van der Waals surface area contributed by atoms with Crippen LogP contribution in [0.2, 0.25) is 0 Å². The minimum atomic E-state index is -0.178. The summed E-state index contributed by atoms with van der Waals surface area (Å²) in [6.45, 7) is 0.460. The molecule has 5 nitrogen and oxygen atoms in total. The molecule has 0 aromatic heterocycles. The second kappa shape index (κ2) is 4.22. The zero-order valence-electron chi connectivity index (χ0n) is 11.4. The molecule has 2 N–H and O–H groups in total. The number of benzene rings is 2. The van der Waals surface area contributed by atoms with Crippen molar-refractivity contribution in [3.05, 3.63) is 41.5 Å². The van der Waals surface area contributed by atoms with Crippen molar-refractivity contribution in [2.45, 2.75) is 12.0 Å². The lowest BCUT2D eigenvalue weighted by Crippen LogP contribution is -2.23. The molecule has 0 saturated heterocycles. The van der Waals surface area contributed by atoms with Crippen LogP contribution in [0, 0.1) is 0 Å². The van der Waals surface area contributed by atoms with Gasteiger partial charge in [-0.25, -0.2) is 0 Å². The minimum Gasteiger partial charge on any atom is -0.504 e. The molecular weight excluding hydrogens is 272 g/mol. The van der Waals surface area contributed by atoms with E-state index in [1.165, 1.54) is 6.07 Å². The van der Waals surface area contributed by atoms with Gasteiger partial charge in [0.1, 0.15) is 23.4 Å². The Morgan fingerprint density at radius 3 is 2.67 bits per heavy atom. The summed E-state index contributed by atoms with van der Waals surface area (Å²) in [5.41, 5.74) is 1.80. The third-order valence-electron chi connectivity index (χ3n) is 4.07. The number of hydrogen-bond acceptors (Lipinski definition) is 5. The molecule has 0 amide bonds. The van der Waals surface area contributed by atoms with E-state index in [0.29, 0.717) is 12.4 Å². The first-order chi connectivity index (χ1) is 10.2. The second-order valence-electron chi connectivity index (χ2n) is 5.24. The summed E-state index contributed by atoms with van der Waals surface area (Å²) < 4.78 is 17.0. The fraction of sp³-hybridized carbons (Fsp3) is 0.250. The lowest BCUT2D eigenvalue weighted by molar-refractivity contribution is 0.139. The second-order valence-corrected chi connectivity index (χ2v) is 5.24. The van der Waals surface area contributed by atoms with Gasteiger partial charge in [-0.15, -0.1) is 0 Å². The van der Waals surface area contributed by atoms with E-state index in [2.05, 4.69) is 0 Å². The van der Waals surface area contributed by atoms with E-state index >= 15 is 0 Å². The number of fused-ring (bicyclic) bond motifs is 5. The Kier molecular flexibility index (Phi) is 2.45. The van der Waals surface area contributed by atoms with Gasteiger partial charge in [-0.3, -0.25) is 0 Å². The highest BCUT2D eigenvalue weighted by Crippen LogP contribution is 2.53. The molecule has 2 aliphatic heterocycles. The normalized spacial score (nSPS) is 21.6. The van der Waals surface area contributed by atoms with E-state index in [9.17, 15) is 10.2 Å². The Hall–Kier alpha value is -2.56. The highest BCUT2D eigenvalue weighted by atomic mass is 16.5. The smallest absolute Gasteiger partial charge is 0.161 e. The highest BCUT2D eigenvalue weighted by Gasteiger charge is 2.41. The average Bonchev–Trinajstić information content (AvgIpc) is 2.85. The Morgan fingerprint density at radius 1 is 1.05 bits per heavy atom. The van der Waals surface area contributed by atoms with E-state index in [-0.39, 0.29) is 23.5 Å². The fourth-order valence-electron chi connectivity index (χ4n) is 2.99. The summed E-state index contributed by atoms with van der Waals surface area (Å²) in [6.07, 6.45) is -0.171. The molecule has 0 saturated carbocycles. The molecule has 0 radical (unpaired) electrons. The topological polar surface area (TPSA) is 68.2 Å². The third kappa shape index (κ3) is 1.70. The van der Waals surface area contributed by atoms with Crippen molar-refractivity contribution in [1.82, 2.24) is 0 Å². The molecule has 0 spiro atoms. The van der Waals surface area contributed by atoms with E-state index in [0.717, 1.165) is 22.6 Å². The largest absolute Gasteiger partial charge is 0.504 e. The molecule has 0 unspecified atom stereocenters. The summed E-state index contributed by atoms with van der Waals surface area (Å²) in [5.74, 6) is 1.76. The number of methoxy groups -OCH3 is 1. The van der Waals surface area contributed by atoms with E-state index in [1.54, 1.807) is 13.2 Å². The summed E-state index contributed by atoms with van der Waals surface area (Å²) in [4.78, 5) is 0. The molecule has 108 valence electrons. The lowest BCUT2D eigenvalue weighted by atomic mass is 9.89. The van der Waals surface area contributed by atoms with Crippen molar-refractivity contribution in [2.75, 3.05) is 13.7 Å². The number of aromatic hydroxyl groups is 2. The molecule has 2 atom stereocenters. The monoisotopic (exact) mass is 286 g/mol. The Bertz CT molecular complexity index is 725. The molecule has 0 aliphatic carbocycles. The van der Waals surface area contributed by atoms with Gasteiger partial charge in [0.25, 0.3) is 0 Å². The molecule has 5 heteroatoms. The van der Waals surface area contributed by atoms with Crippen LogP contribution in [0.15, 0.2) is 30.3 Å². The molecule has 4 rings (SSSR count). The van der Waals surface area contributed by atoms with Gasteiger partial charge in [0, 0.05) is 23.3 Å². The van der Waals surface area contributed by atoms with Gasteiger partial charge >= 0.3 is 0 Å². The summed E-state index contributed by atoms with van der Waals surface area (Å²) in [6, 6.07) is 8.63. The Balaban J connectivity index is 1.78. The molecule has 2 aliphatic rings. The number of ether oxygens (including phenoxy) is 3. The van der Waals surface area contributed by atoms with Crippen LogP contribution in [0.25, 0.3) is 0 Å². The van der Waals surface area contributed by atoms with Gasteiger partial charge in [-0.1, -0.05) is 0 Å². The Labute approximate surface area is 121 Å². The minimum absolute atomic E-state index is 0.00685. The van der Waals surface area contributed by atoms with Crippen molar-refractivity contribution >= 4 is 0 Å². The van der Waals surface area contributed by atoms with Crippen molar-refractivity contribution in [3.63, 3.8) is 0 Å². The van der Waals surface area contributed by atoms with E-state index in [1.807, 2.05) is 18.2 Å². The van der Waals surface area contributed by atoms with Gasteiger partial charge in [-0.2, -0.15) is 0 Å². The van der Waals surface area contributed by atoms with Crippen LogP contribution in [-0.4, -0.2) is 23.9 Å². The number of phenols is 2. The van der Waals surface area contributed by atoms with Gasteiger partial charge < -0.3 is 24.4 Å². The van der Waals surface area contributed by atoms with Crippen molar-refractivity contribution < 1.29 is 24.4 Å². The van der Waals surface area contributed by atoms with Crippen LogP contribution in [0.5, 0.6) is 28.7 Å². The maximum atomic E-state index is 9.67. The quantitative estimate of drug-likeness (QED) is 0.789. The molecule has 2 heterocycles. The molecular formula is C16H14O5. The van der Waals surface area contributed by atoms with E-state index < -0.39 is 0 Å². The first-order valence-electron chi connectivity index (χ1n) is 6.70. The van der Waals surface area contributed by atoms with Crippen molar-refractivity contribution in [2.24, 2.45) is 0 Å². The highest BCUT2D eigenvalue weighted by molar-refractivity contribution is 5.56. The lowest BCUT2D eigenvalue weighted by Gasteiger charge is -2.28. The van der Waals surface area contributed by atoms with Crippen molar-refractivity contribution in [3.8, 4) is 28.7 Å². The van der Waals surface area contributed by atoms with Gasteiger partial charge in [0.2, 0.25) is 0 Å². The van der Waals surface area contributed by atoms with Crippen LogP contribution in [0.4, 0.5) is 0 Å². The number of hydrogen-bond donors (Lipinski definition) is 2. The van der Waals surface area contributed by atoms with Crippen LogP contribution in [-0.2, 0) is 0 Å². The van der Waals surface area contributed by atoms with E-state index in [4.69, 9.17) is 14.2 Å². The Morgan fingerprint density at radius 2 is 1.86 bits per heavy atom. The molecule has 2 aromatic rings. The first-order valence-corrected chi connectivity index (χ1v) is 6.70. The summed E-state index contributed by atoms with van der Waals surface area (Å²) >= 11 is 0. The maximum Gasteiger partial charge on any atom is 0.161 e. The average molecular weight is 286 g/mol. The standard InChI is InChI=1S/C16H14O5/c1-19-8-2-3-9-14(4-8)20-7-11-10-5-12(17)13(18)6-15(10)21-16(9)11/h2-6,11,16-18H,7H2,1H3/t11-,16+/m0/s1. The zero-order valence-corrected chi connectivity index (χ0v) is 11.4. The SMILES string of the molecule is COc1ccc2c(c1)OC[C@H]1c3cc(O)c(O)cc3O[C@H]21. The molecule has 21 heavy (non-hydrogen) atoms.